The topological polar surface area (TPSA) is 38.5 Å². The van der Waals surface area contributed by atoms with Gasteiger partial charge in [-0.25, -0.2) is 0 Å². The van der Waals surface area contributed by atoms with Gasteiger partial charge in [-0.15, -0.1) is 0 Å². The molecule has 21 heavy (non-hydrogen) atoms. The van der Waals surface area contributed by atoms with Crippen molar-refractivity contribution in [2.75, 3.05) is 26.2 Å². The van der Waals surface area contributed by atoms with Gasteiger partial charge in [0.1, 0.15) is 10.7 Å². The Morgan fingerprint density at radius 2 is 1.86 bits per heavy atom. The van der Waals surface area contributed by atoms with Crippen molar-refractivity contribution in [2.45, 2.75) is 26.7 Å². The molecule has 0 bridgehead atoms. The number of ether oxygens (including phenoxy) is 1. The summed E-state index contributed by atoms with van der Waals surface area (Å²) in [6.45, 7) is 9.04. The lowest BCUT2D eigenvalue weighted by atomic mass is 9.92. The summed E-state index contributed by atoms with van der Waals surface area (Å²) < 4.78 is 5.77. The number of rotatable bonds is 6. The Balaban J connectivity index is 1.68. The predicted octanol–water partition coefficient (Wildman–Crippen LogP) is 3.07. The lowest BCUT2D eigenvalue weighted by Crippen LogP contribution is -2.39. The molecule has 1 saturated heterocycles. The Labute approximate surface area is 133 Å². The van der Waals surface area contributed by atoms with Gasteiger partial charge in [-0.1, -0.05) is 26.1 Å². The summed E-state index contributed by atoms with van der Waals surface area (Å²) in [5.74, 6) is 2.53. The molecular weight excluding hydrogens is 280 g/mol. The van der Waals surface area contributed by atoms with Crippen LogP contribution in [0.4, 0.5) is 0 Å². The average Bonchev–Trinajstić information content (AvgIpc) is 2.43. The predicted molar refractivity (Wildman–Crippen MR) is 91.8 cm³/mol. The standard InChI is InChI=1S/C17H26N2OS/c1-13-10-14(2)12-19(11-13)8-3-9-20-16-6-4-15(5-7-16)17(18)21/h4-7,13-14H,3,8-12H2,1-2H3,(H2,18,21). The fraction of sp³-hybridized carbons (Fsp3) is 0.588. The van der Waals surface area contributed by atoms with Crippen molar-refractivity contribution >= 4 is 17.2 Å². The fourth-order valence-electron chi connectivity index (χ4n) is 3.17. The molecule has 1 aliphatic rings. The molecular formula is C17H26N2OS. The van der Waals surface area contributed by atoms with Gasteiger partial charge in [0.25, 0.3) is 0 Å². The minimum absolute atomic E-state index is 0.426. The molecule has 0 aliphatic carbocycles. The minimum atomic E-state index is 0.426. The zero-order valence-corrected chi connectivity index (χ0v) is 13.9. The molecule has 2 unspecified atom stereocenters. The zero-order chi connectivity index (χ0) is 15.2. The summed E-state index contributed by atoms with van der Waals surface area (Å²) in [5.41, 5.74) is 6.46. The quantitative estimate of drug-likeness (QED) is 0.647. The van der Waals surface area contributed by atoms with Crippen LogP contribution < -0.4 is 10.5 Å². The third-order valence-corrected chi connectivity index (χ3v) is 4.21. The summed E-state index contributed by atoms with van der Waals surface area (Å²) in [4.78, 5) is 2.99. The zero-order valence-electron chi connectivity index (χ0n) is 13.0. The largest absolute Gasteiger partial charge is 0.494 e. The molecule has 1 aromatic rings. The average molecular weight is 306 g/mol. The Bertz CT molecular complexity index is 450. The Morgan fingerprint density at radius 3 is 2.43 bits per heavy atom. The van der Waals surface area contributed by atoms with Crippen LogP contribution in [-0.2, 0) is 0 Å². The summed E-state index contributed by atoms with van der Waals surface area (Å²) in [6.07, 6.45) is 2.43. The van der Waals surface area contributed by atoms with Crippen molar-refractivity contribution in [3.05, 3.63) is 29.8 Å². The van der Waals surface area contributed by atoms with E-state index in [-0.39, 0.29) is 0 Å². The van der Waals surface area contributed by atoms with E-state index < -0.39 is 0 Å². The lowest BCUT2D eigenvalue weighted by Gasteiger charge is -2.34. The van der Waals surface area contributed by atoms with Gasteiger partial charge >= 0.3 is 0 Å². The van der Waals surface area contributed by atoms with Crippen LogP contribution in [0.25, 0.3) is 0 Å². The molecule has 2 atom stereocenters. The number of hydrogen-bond donors (Lipinski definition) is 1. The van der Waals surface area contributed by atoms with E-state index in [1.807, 2.05) is 24.3 Å². The highest BCUT2D eigenvalue weighted by atomic mass is 32.1. The van der Waals surface area contributed by atoms with Gasteiger partial charge in [-0.2, -0.15) is 0 Å². The summed E-state index contributed by atoms with van der Waals surface area (Å²) in [6, 6.07) is 7.68. The normalized spacial score (nSPS) is 23.0. The van der Waals surface area contributed by atoms with Crippen LogP contribution in [-0.4, -0.2) is 36.1 Å². The second-order valence-electron chi connectivity index (χ2n) is 6.30. The number of nitrogens with zero attached hydrogens (tertiary/aromatic N) is 1. The fourth-order valence-corrected chi connectivity index (χ4v) is 3.30. The first-order valence-electron chi connectivity index (χ1n) is 7.79. The van der Waals surface area contributed by atoms with Gasteiger partial charge in [-0.3, -0.25) is 0 Å². The molecule has 2 N–H and O–H groups in total. The van der Waals surface area contributed by atoms with Crippen molar-refractivity contribution < 1.29 is 4.74 Å². The Kier molecular flexibility index (Phi) is 6.00. The maximum atomic E-state index is 5.77. The molecule has 1 aromatic carbocycles. The van der Waals surface area contributed by atoms with Gasteiger partial charge in [0.2, 0.25) is 0 Å². The van der Waals surface area contributed by atoms with Gasteiger partial charge in [0.05, 0.1) is 6.61 Å². The molecule has 0 radical (unpaired) electrons. The van der Waals surface area contributed by atoms with Crippen LogP contribution in [0.1, 0.15) is 32.3 Å². The second kappa shape index (κ2) is 7.76. The highest BCUT2D eigenvalue weighted by molar-refractivity contribution is 7.80. The van der Waals surface area contributed by atoms with Crippen LogP contribution in [0, 0.1) is 11.8 Å². The van der Waals surface area contributed by atoms with Crippen LogP contribution in [0.2, 0.25) is 0 Å². The van der Waals surface area contributed by atoms with E-state index >= 15 is 0 Å². The monoisotopic (exact) mass is 306 g/mol. The maximum absolute atomic E-state index is 5.77. The minimum Gasteiger partial charge on any atom is -0.494 e. The van der Waals surface area contributed by atoms with Crippen molar-refractivity contribution in [2.24, 2.45) is 17.6 Å². The first kappa shape index (κ1) is 16.2. The summed E-state index contributed by atoms with van der Waals surface area (Å²) >= 11 is 4.93. The maximum Gasteiger partial charge on any atom is 0.119 e. The Hall–Kier alpha value is -1.13. The van der Waals surface area contributed by atoms with E-state index in [0.29, 0.717) is 4.99 Å². The molecule has 0 spiro atoms. The highest BCUT2D eigenvalue weighted by Crippen LogP contribution is 2.21. The molecule has 1 fully saturated rings. The third kappa shape index (κ3) is 5.29. The number of hydrogen-bond acceptors (Lipinski definition) is 3. The molecule has 116 valence electrons. The number of likely N-dealkylation sites (tertiary alicyclic amines) is 1. The highest BCUT2D eigenvalue weighted by Gasteiger charge is 2.20. The molecule has 4 heteroatoms. The van der Waals surface area contributed by atoms with Crippen LogP contribution >= 0.6 is 12.2 Å². The van der Waals surface area contributed by atoms with Crippen molar-refractivity contribution in [1.82, 2.24) is 4.90 Å². The van der Waals surface area contributed by atoms with E-state index in [2.05, 4.69) is 18.7 Å². The molecule has 2 rings (SSSR count). The van der Waals surface area contributed by atoms with Crippen LogP contribution in [0.15, 0.2) is 24.3 Å². The number of thiocarbonyl (C=S) groups is 1. The van der Waals surface area contributed by atoms with Gasteiger partial charge in [0.15, 0.2) is 0 Å². The van der Waals surface area contributed by atoms with Gasteiger partial charge < -0.3 is 15.4 Å². The second-order valence-corrected chi connectivity index (χ2v) is 6.74. The van der Waals surface area contributed by atoms with Gasteiger partial charge in [-0.05, 0) is 48.9 Å². The molecule has 1 heterocycles. The molecule has 0 amide bonds. The Morgan fingerprint density at radius 1 is 1.24 bits per heavy atom. The molecule has 1 aliphatic heterocycles. The van der Waals surface area contributed by atoms with E-state index in [1.165, 1.54) is 19.5 Å². The summed E-state index contributed by atoms with van der Waals surface area (Å²) in [7, 11) is 0. The number of benzene rings is 1. The van der Waals surface area contributed by atoms with Crippen molar-refractivity contribution in [3.63, 3.8) is 0 Å². The molecule has 3 nitrogen and oxygen atoms in total. The molecule has 0 aromatic heterocycles. The van der Waals surface area contributed by atoms with Crippen molar-refractivity contribution in [3.8, 4) is 5.75 Å². The van der Waals surface area contributed by atoms with Gasteiger partial charge in [0, 0.05) is 25.2 Å². The third-order valence-electron chi connectivity index (χ3n) is 3.97. The number of nitrogens with two attached hydrogens (primary N) is 1. The summed E-state index contributed by atoms with van der Waals surface area (Å²) in [5, 5.41) is 0. The molecule has 0 saturated carbocycles. The van der Waals surface area contributed by atoms with E-state index in [4.69, 9.17) is 22.7 Å². The first-order chi connectivity index (χ1) is 10.0. The van der Waals surface area contributed by atoms with E-state index in [9.17, 15) is 0 Å². The number of piperidine rings is 1. The van der Waals surface area contributed by atoms with E-state index in [1.54, 1.807) is 0 Å². The van der Waals surface area contributed by atoms with Crippen LogP contribution in [0.3, 0.4) is 0 Å². The first-order valence-corrected chi connectivity index (χ1v) is 8.20. The smallest absolute Gasteiger partial charge is 0.119 e. The van der Waals surface area contributed by atoms with Crippen molar-refractivity contribution in [1.29, 1.82) is 0 Å². The van der Waals surface area contributed by atoms with E-state index in [0.717, 1.165) is 42.7 Å². The van der Waals surface area contributed by atoms with Crippen LogP contribution in [0.5, 0.6) is 5.75 Å². The lowest BCUT2D eigenvalue weighted by molar-refractivity contribution is 0.132. The SMILES string of the molecule is CC1CC(C)CN(CCCOc2ccc(C(N)=S)cc2)C1.